The topological polar surface area (TPSA) is 52.5 Å². The smallest absolute Gasteiger partial charge is 0.355 e. The molecule has 5 rings (SSSR count). The highest BCUT2D eigenvalue weighted by molar-refractivity contribution is 6.22. The SMILES string of the molecule is CC1=C(C(F)(F)F)C2(C)N=C1/C=c1/cc/c([nH]1)=C/C1=NC(=C\C3(C(F)(F)F)NC(C)(C(C(F)(F)F)=C3C)C2C(F)(F)F)/C=C1. The number of aromatic nitrogens is 1. The van der Waals surface area contributed by atoms with Gasteiger partial charge in [-0.25, -0.2) is 4.99 Å². The van der Waals surface area contributed by atoms with Crippen LogP contribution in [0, 0.1) is 5.92 Å². The highest BCUT2D eigenvalue weighted by Gasteiger charge is 2.75. The summed E-state index contributed by atoms with van der Waals surface area (Å²) in [5.41, 5.74) is -19.2. The monoisotopic (exact) mass is 642 g/mol. The third-order valence-corrected chi connectivity index (χ3v) is 8.42. The van der Waals surface area contributed by atoms with Gasteiger partial charge in [-0.2, -0.15) is 52.7 Å². The molecule has 4 unspecified atom stereocenters. The fraction of sp³-hybridized carbons (Fsp3) is 0.429. The van der Waals surface area contributed by atoms with Crippen molar-refractivity contribution in [2.24, 2.45) is 15.9 Å². The molecule has 2 N–H and O–H groups in total. The predicted molar refractivity (Wildman–Crippen MR) is 137 cm³/mol. The summed E-state index contributed by atoms with van der Waals surface area (Å²) in [6.45, 7) is 1.69. The summed E-state index contributed by atoms with van der Waals surface area (Å²) in [5, 5.41) is 1.90. The maximum Gasteiger partial charge on any atom is 0.415 e. The molecule has 0 aromatic carbocycles. The largest absolute Gasteiger partial charge is 0.415 e. The first-order chi connectivity index (χ1) is 19.8. The van der Waals surface area contributed by atoms with Crippen LogP contribution in [0.1, 0.15) is 27.7 Å². The zero-order valence-electron chi connectivity index (χ0n) is 23.0. The molecule has 4 aliphatic heterocycles. The molecule has 8 bridgehead atoms. The molecule has 4 nitrogen and oxygen atoms in total. The van der Waals surface area contributed by atoms with Crippen LogP contribution < -0.4 is 16.0 Å². The first kappa shape index (κ1) is 31.9. The molecule has 4 atom stereocenters. The van der Waals surface area contributed by atoms with Crippen molar-refractivity contribution in [3.05, 3.63) is 69.0 Å². The van der Waals surface area contributed by atoms with Gasteiger partial charge in [0.2, 0.25) is 0 Å². The van der Waals surface area contributed by atoms with E-state index in [0.717, 1.165) is 19.1 Å². The molecule has 0 fully saturated rings. The molecule has 4 aliphatic rings. The number of aromatic amines is 1. The van der Waals surface area contributed by atoms with Gasteiger partial charge in [-0.15, -0.1) is 0 Å². The van der Waals surface area contributed by atoms with Gasteiger partial charge in [0.05, 0.1) is 33.8 Å². The first-order valence-electron chi connectivity index (χ1n) is 12.8. The maximum absolute atomic E-state index is 15.2. The van der Waals surface area contributed by atoms with E-state index in [0.29, 0.717) is 13.8 Å². The lowest BCUT2D eigenvalue weighted by Crippen LogP contribution is -2.68. The van der Waals surface area contributed by atoms with E-state index >= 15 is 13.2 Å². The van der Waals surface area contributed by atoms with Crippen LogP contribution in [0.2, 0.25) is 0 Å². The average molecular weight is 642 g/mol. The highest BCUT2D eigenvalue weighted by atomic mass is 19.4. The Morgan fingerprint density at radius 3 is 1.86 bits per heavy atom. The van der Waals surface area contributed by atoms with E-state index < -0.39 is 80.9 Å². The Morgan fingerprint density at radius 2 is 1.34 bits per heavy atom. The Hall–Kier alpha value is -3.56. The zero-order chi connectivity index (χ0) is 33.1. The standard InChI is InChI=1S/C28H22F12N4/c1-12-18-10-16-6-5-14(41-16)9-15-7-8-17(42-15)11-24(28(38,39)40)13(2)20(26(32,33)34)23(4,44-24)21(27(35,36)37)22(3,43-18)19(12)25(29,30)31/h5-11,21,41,44H,1-4H3/b14-9-,16-10-,17-11-. The van der Waals surface area contributed by atoms with E-state index in [9.17, 15) is 39.5 Å². The number of halogens is 12. The lowest BCUT2D eigenvalue weighted by molar-refractivity contribution is -0.222. The summed E-state index contributed by atoms with van der Waals surface area (Å²) in [5.74, 6) is -3.81. The maximum atomic E-state index is 15.2. The number of allylic oxidation sites excluding steroid dienone is 3. The molecule has 1 aromatic heterocycles. The Bertz CT molecular complexity index is 1740. The van der Waals surface area contributed by atoms with Gasteiger partial charge in [-0.1, -0.05) is 0 Å². The quantitative estimate of drug-likeness (QED) is 0.254. The normalized spacial score (nSPS) is 33.9. The summed E-state index contributed by atoms with van der Waals surface area (Å²) >= 11 is 0. The van der Waals surface area contributed by atoms with Crippen molar-refractivity contribution in [1.29, 1.82) is 0 Å². The van der Waals surface area contributed by atoms with Crippen molar-refractivity contribution < 1.29 is 52.7 Å². The third-order valence-electron chi connectivity index (χ3n) is 8.42. The minimum Gasteiger partial charge on any atom is -0.355 e. The molecular formula is C28H22F12N4. The second kappa shape index (κ2) is 9.23. The van der Waals surface area contributed by atoms with Crippen molar-refractivity contribution in [1.82, 2.24) is 10.3 Å². The molecule has 1 aromatic rings. The summed E-state index contributed by atoms with van der Waals surface area (Å²) < 4.78 is 178. The molecular weight excluding hydrogens is 620 g/mol. The number of H-pyrrole nitrogens is 1. The third kappa shape index (κ3) is 4.67. The Labute approximate surface area is 241 Å². The van der Waals surface area contributed by atoms with Gasteiger partial charge < -0.3 is 4.98 Å². The van der Waals surface area contributed by atoms with Gasteiger partial charge in [-0.05, 0) is 81.4 Å². The molecule has 0 aliphatic carbocycles. The summed E-state index contributed by atoms with van der Waals surface area (Å²) in [4.78, 5) is 10.5. The Balaban J connectivity index is 1.99. The number of hydrogen-bond acceptors (Lipinski definition) is 3. The van der Waals surface area contributed by atoms with E-state index in [-0.39, 0.29) is 29.4 Å². The number of hydrogen-bond donors (Lipinski definition) is 2. The van der Waals surface area contributed by atoms with Crippen molar-refractivity contribution in [3.63, 3.8) is 0 Å². The Kier molecular flexibility index (Phi) is 6.69. The highest BCUT2D eigenvalue weighted by Crippen LogP contribution is 2.61. The number of nitrogens with zero attached hydrogens (tertiary/aromatic N) is 2. The predicted octanol–water partition coefficient (Wildman–Crippen LogP) is 6.30. The lowest BCUT2D eigenvalue weighted by atomic mass is 9.66. The fourth-order valence-electron chi connectivity index (χ4n) is 7.02. The van der Waals surface area contributed by atoms with E-state index in [1.165, 1.54) is 29.6 Å². The van der Waals surface area contributed by atoms with Crippen LogP contribution in [0.25, 0.3) is 12.2 Å². The lowest BCUT2D eigenvalue weighted by Gasteiger charge is -2.48. The van der Waals surface area contributed by atoms with Crippen LogP contribution in [0.3, 0.4) is 0 Å². The van der Waals surface area contributed by atoms with E-state index in [1.807, 2.05) is 0 Å². The Morgan fingerprint density at radius 1 is 0.773 bits per heavy atom. The number of rotatable bonds is 0. The second-order valence-electron chi connectivity index (χ2n) is 11.3. The zero-order valence-corrected chi connectivity index (χ0v) is 23.0. The molecule has 5 heterocycles. The van der Waals surface area contributed by atoms with Crippen molar-refractivity contribution >= 4 is 23.6 Å². The van der Waals surface area contributed by atoms with Crippen LogP contribution >= 0.6 is 0 Å². The van der Waals surface area contributed by atoms with Gasteiger partial charge in [0.15, 0.2) is 5.54 Å². The summed E-state index contributed by atoms with van der Waals surface area (Å²) in [7, 11) is 0. The minimum absolute atomic E-state index is 0.0434. The average Bonchev–Trinajstić information content (AvgIpc) is 3.52. The van der Waals surface area contributed by atoms with Crippen LogP contribution in [0.5, 0.6) is 0 Å². The van der Waals surface area contributed by atoms with Gasteiger partial charge in [0.1, 0.15) is 11.5 Å². The van der Waals surface area contributed by atoms with Crippen LogP contribution in [-0.4, -0.2) is 57.7 Å². The molecule has 0 radical (unpaired) electrons. The minimum atomic E-state index is -5.96. The van der Waals surface area contributed by atoms with Crippen molar-refractivity contribution in [2.45, 2.75) is 69.0 Å². The number of fused-ring (bicyclic) bond motifs is 6. The van der Waals surface area contributed by atoms with E-state index in [4.69, 9.17) is 0 Å². The van der Waals surface area contributed by atoms with Crippen LogP contribution in [0.4, 0.5) is 52.7 Å². The first-order valence-corrected chi connectivity index (χ1v) is 12.8. The van der Waals surface area contributed by atoms with Crippen LogP contribution in [-0.2, 0) is 0 Å². The molecule has 238 valence electrons. The van der Waals surface area contributed by atoms with Crippen molar-refractivity contribution in [3.8, 4) is 0 Å². The number of nitrogens with one attached hydrogen (secondary N) is 2. The summed E-state index contributed by atoms with van der Waals surface area (Å²) in [6.07, 6.45) is -18.3. The van der Waals surface area contributed by atoms with Gasteiger partial charge in [0.25, 0.3) is 0 Å². The molecule has 44 heavy (non-hydrogen) atoms. The molecule has 0 saturated heterocycles. The number of aliphatic imine (C=N–C) groups is 2. The summed E-state index contributed by atoms with van der Waals surface area (Å²) in [6, 6.07) is 2.79. The molecule has 16 heteroatoms. The molecule has 0 spiro atoms. The van der Waals surface area contributed by atoms with Gasteiger partial charge in [0, 0.05) is 10.7 Å². The van der Waals surface area contributed by atoms with Gasteiger partial charge in [-0.3, -0.25) is 10.3 Å². The second-order valence-corrected chi connectivity index (χ2v) is 11.3. The fourth-order valence-corrected chi connectivity index (χ4v) is 7.02. The van der Waals surface area contributed by atoms with E-state index in [1.54, 1.807) is 0 Å². The van der Waals surface area contributed by atoms with Crippen molar-refractivity contribution in [2.75, 3.05) is 0 Å². The number of alkyl halides is 12. The molecule has 0 saturated carbocycles. The molecule has 0 amide bonds. The van der Waals surface area contributed by atoms with Gasteiger partial charge >= 0.3 is 24.7 Å². The van der Waals surface area contributed by atoms with E-state index in [2.05, 4.69) is 15.0 Å². The van der Waals surface area contributed by atoms with Crippen LogP contribution in [0.15, 0.2) is 68.3 Å².